The van der Waals surface area contributed by atoms with Gasteiger partial charge in [-0.1, -0.05) is 19.8 Å². The molecule has 2 heteroatoms. The van der Waals surface area contributed by atoms with Crippen LogP contribution < -0.4 is 5.32 Å². The van der Waals surface area contributed by atoms with Crippen LogP contribution in [0.2, 0.25) is 0 Å². The third kappa shape index (κ3) is 2.26. The van der Waals surface area contributed by atoms with Crippen LogP contribution in [0.5, 0.6) is 0 Å². The fraction of sp³-hybridized carbons (Fsp3) is 1.00. The molecular formula is C15H28N2. The van der Waals surface area contributed by atoms with Gasteiger partial charge in [-0.2, -0.15) is 0 Å². The first-order valence-corrected chi connectivity index (χ1v) is 7.69. The number of nitrogens with one attached hydrogen (secondary N) is 1. The summed E-state index contributed by atoms with van der Waals surface area (Å²) >= 11 is 0. The Balaban J connectivity index is 1.69. The topological polar surface area (TPSA) is 15.3 Å². The van der Waals surface area contributed by atoms with E-state index in [1.807, 2.05) is 0 Å². The van der Waals surface area contributed by atoms with Gasteiger partial charge < -0.3 is 5.32 Å². The molecule has 1 N–H and O–H groups in total. The minimum atomic E-state index is 0.498. The lowest BCUT2D eigenvalue weighted by Crippen LogP contribution is -2.64. The number of hydrogen-bond donors (Lipinski definition) is 1. The number of rotatable bonds is 1. The Morgan fingerprint density at radius 1 is 1.12 bits per heavy atom. The molecule has 0 aromatic carbocycles. The zero-order chi connectivity index (χ0) is 11.9. The molecule has 3 aliphatic rings. The molecule has 3 fully saturated rings. The summed E-state index contributed by atoms with van der Waals surface area (Å²) in [6.45, 7) is 7.38. The van der Waals surface area contributed by atoms with Gasteiger partial charge in [0.2, 0.25) is 0 Å². The Kier molecular flexibility index (Phi) is 3.20. The van der Waals surface area contributed by atoms with E-state index in [4.69, 9.17) is 0 Å². The lowest BCUT2D eigenvalue weighted by molar-refractivity contribution is 0.0514. The number of nitrogens with zero attached hydrogens (tertiary/aromatic N) is 1. The SMILES string of the molecule is CC1CCC(N2CC3(CCCC3)NCC2C)C1. The summed E-state index contributed by atoms with van der Waals surface area (Å²) in [6.07, 6.45) is 10.1. The van der Waals surface area contributed by atoms with Crippen molar-refractivity contribution in [3.63, 3.8) is 0 Å². The second kappa shape index (κ2) is 4.55. The van der Waals surface area contributed by atoms with E-state index >= 15 is 0 Å². The van der Waals surface area contributed by atoms with E-state index < -0.39 is 0 Å². The van der Waals surface area contributed by atoms with E-state index in [2.05, 4.69) is 24.1 Å². The molecule has 3 atom stereocenters. The van der Waals surface area contributed by atoms with Gasteiger partial charge >= 0.3 is 0 Å². The smallest absolute Gasteiger partial charge is 0.0309 e. The van der Waals surface area contributed by atoms with Crippen molar-refractivity contribution in [2.24, 2.45) is 5.92 Å². The number of piperazine rings is 1. The van der Waals surface area contributed by atoms with Crippen LogP contribution >= 0.6 is 0 Å². The van der Waals surface area contributed by atoms with Gasteiger partial charge in [0, 0.05) is 30.7 Å². The largest absolute Gasteiger partial charge is 0.308 e. The van der Waals surface area contributed by atoms with E-state index in [9.17, 15) is 0 Å². The molecule has 2 saturated carbocycles. The van der Waals surface area contributed by atoms with Gasteiger partial charge in [0.15, 0.2) is 0 Å². The second-order valence-electron chi connectivity index (χ2n) is 6.96. The summed E-state index contributed by atoms with van der Waals surface area (Å²) in [5, 5.41) is 3.87. The highest BCUT2D eigenvalue weighted by atomic mass is 15.3. The van der Waals surface area contributed by atoms with Crippen LogP contribution in [0.25, 0.3) is 0 Å². The quantitative estimate of drug-likeness (QED) is 0.753. The van der Waals surface area contributed by atoms with Gasteiger partial charge in [0.05, 0.1) is 0 Å². The van der Waals surface area contributed by atoms with E-state index in [1.54, 1.807) is 0 Å². The van der Waals surface area contributed by atoms with Crippen molar-refractivity contribution in [3.8, 4) is 0 Å². The van der Waals surface area contributed by atoms with E-state index in [1.165, 1.54) is 58.0 Å². The molecule has 2 aliphatic carbocycles. The highest BCUT2D eigenvalue weighted by Gasteiger charge is 2.42. The van der Waals surface area contributed by atoms with E-state index in [0.29, 0.717) is 5.54 Å². The van der Waals surface area contributed by atoms with Crippen LogP contribution in [0.3, 0.4) is 0 Å². The molecule has 0 aromatic heterocycles. The van der Waals surface area contributed by atoms with Gasteiger partial charge in [-0.05, 0) is 44.9 Å². The van der Waals surface area contributed by atoms with E-state index in [-0.39, 0.29) is 0 Å². The zero-order valence-corrected chi connectivity index (χ0v) is 11.5. The second-order valence-corrected chi connectivity index (χ2v) is 6.96. The molecule has 1 heterocycles. The molecule has 98 valence electrons. The van der Waals surface area contributed by atoms with Crippen LogP contribution in [-0.4, -0.2) is 35.6 Å². The predicted molar refractivity (Wildman–Crippen MR) is 72.2 cm³/mol. The monoisotopic (exact) mass is 236 g/mol. The van der Waals surface area contributed by atoms with Crippen molar-refractivity contribution in [3.05, 3.63) is 0 Å². The minimum absolute atomic E-state index is 0.498. The van der Waals surface area contributed by atoms with Crippen LogP contribution in [0, 0.1) is 5.92 Å². The Bertz CT molecular complexity index is 270. The molecule has 0 aromatic rings. The highest BCUT2D eigenvalue weighted by molar-refractivity contribution is 5.02. The highest BCUT2D eigenvalue weighted by Crippen LogP contribution is 2.37. The maximum atomic E-state index is 3.87. The molecule has 2 nitrogen and oxygen atoms in total. The van der Waals surface area contributed by atoms with Gasteiger partial charge in [-0.15, -0.1) is 0 Å². The number of hydrogen-bond acceptors (Lipinski definition) is 2. The van der Waals surface area contributed by atoms with Crippen molar-refractivity contribution in [2.45, 2.75) is 76.4 Å². The van der Waals surface area contributed by atoms with Gasteiger partial charge in [-0.3, -0.25) is 4.90 Å². The molecule has 0 bridgehead atoms. The average Bonchev–Trinajstić information content (AvgIpc) is 2.92. The summed E-state index contributed by atoms with van der Waals surface area (Å²) in [4.78, 5) is 2.85. The Morgan fingerprint density at radius 3 is 2.53 bits per heavy atom. The predicted octanol–water partition coefficient (Wildman–Crippen LogP) is 2.78. The lowest BCUT2D eigenvalue weighted by atomic mass is 9.91. The van der Waals surface area contributed by atoms with Crippen molar-refractivity contribution in [2.75, 3.05) is 13.1 Å². The molecular weight excluding hydrogens is 208 g/mol. The third-order valence-corrected chi connectivity index (χ3v) is 5.52. The molecule has 17 heavy (non-hydrogen) atoms. The summed E-state index contributed by atoms with van der Waals surface area (Å²) in [6, 6.07) is 1.64. The Hall–Kier alpha value is -0.0800. The van der Waals surface area contributed by atoms with Gasteiger partial charge in [0.25, 0.3) is 0 Å². The van der Waals surface area contributed by atoms with E-state index in [0.717, 1.165) is 18.0 Å². The fourth-order valence-corrected chi connectivity index (χ4v) is 4.40. The van der Waals surface area contributed by atoms with Gasteiger partial charge in [0.1, 0.15) is 0 Å². The Morgan fingerprint density at radius 2 is 1.88 bits per heavy atom. The first kappa shape index (κ1) is 12.0. The fourth-order valence-electron chi connectivity index (χ4n) is 4.40. The minimum Gasteiger partial charge on any atom is -0.308 e. The Labute approximate surface area is 106 Å². The molecule has 0 radical (unpaired) electrons. The van der Waals surface area contributed by atoms with Crippen LogP contribution in [0.1, 0.15) is 58.8 Å². The third-order valence-electron chi connectivity index (χ3n) is 5.52. The summed E-state index contributed by atoms with van der Waals surface area (Å²) in [5.74, 6) is 0.960. The normalized spacial score (nSPS) is 42.4. The van der Waals surface area contributed by atoms with Crippen molar-refractivity contribution in [1.82, 2.24) is 10.2 Å². The van der Waals surface area contributed by atoms with Crippen LogP contribution in [0.4, 0.5) is 0 Å². The maximum Gasteiger partial charge on any atom is 0.0309 e. The van der Waals surface area contributed by atoms with Crippen molar-refractivity contribution in [1.29, 1.82) is 0 Å². The summed E-state index contributed by atoms with van der Waals surface area (Å²) in [5.41, 5.74) is 0.498. The standard InChI is InChI=1S/C15H28N2/c1-12-5-6-14(9-12)17-11-15(7-3-4-8-15)16-10-13(17)2/h12-14,16H,3-11H2,1-2H3. The lowest BCUT2D eigenvalue weighted by Gasteiger charge is -2.48. The first-order valence-electron chi connectivity index (χ1n) is 7.69. The zero-order valence-electron chi connectivity index (χ0n) is 11.5. The molecule has 3 rings (SSSR count). The van der Waals surface area contributed by atoms with Gasteiger partial charge in [-0.25, -0.2) is 0 Å². The summed E-state index contributed by atoms with van der Waals surface area (Å²) < 4.78 is 0. The van der Waals surface area contributed by atoms with Crippen LogP contribution in [0.15, 0.2) is 0 Å². The average molecular weight is 236 g/mol. The first-order chi connectivity index (χ1) is 8.19. The molecule has 1 spiro atoms. The molecule has 1 saturated heterocycles. The molecule has 0 amide bonds. The van der Waals surface area contributed by atoms with Crippen molar-refractivity contribution < 1.29 is 0 Å². The maximum absolute atomic E-state index is 3.87. The van der Waals surface area contributed by atoms with Crippen molar-refractivity contribution >= 4 is 0 Å². The summed E-state index contributed by atoms with van der Waals surface area (Å²) in [7, 11) is 0. The van der Waals surface area contributed by atoms with Crippen LogP contribution in [-0.2, 0) is 0 Å². The molecule has 3 unspecified atom stereocenters. The molecule has 1 aliphatic heterocycles.